The Bertz CT molecular complexity index is 1240. The molecule has 3 aromatic rings. The lowest BCUT2D eigenvalue weighted by atomic mass is 10.2. The van der Waals surface area contributed by atoms with Crippen molar-refractivity contribution < 1.29 is 39.5 Å². The van der Waals surface area contributed by atoms with E-state index in [2.05, 4.69) is 14.8 Å². The van der Waals surface area contributed by atoms with Gasteiger partial charge in [0.2, 0.25) is 0 Å². The summed E-state index contributed by atoms with van der Waals surface area (Å²) < 4.78 is 109. The third kappa shape index (κ3) is 7.72. The predicted molar refractivity (Wildman–Crippen MR) is 122 cm³/mol. The SMILES string of the molecule is Cc1c(N(Cc2ccc(OC(F)(F)F)cc2)S(=O)(=O)NCCNCC(F)(F)F)sc2ccccc12. The summed E-state index contributed by atoms with van der Waals surface area (Å²) in [6.07, 6.45) is -9.30. The van der Waals surface area contributed by atoms with Crippen molar-refractivity contribution in [3.05, 3.63) is 59.7 Å². The van der Waals surface area contributed by atoms with Gasteiger partial charge < -0.3 is 10.1 Å². The monoisotopic (exact) mass is 541 g/mol. The zero-order valence-electron chi connectivity index (χ0n) is 18.2. The fraction of sp³-hybridized carbons (Fsp3) is 0.333. The van der Waals surface area contributed by atoms with Crippen LogP contribution in [0.5, 0.6) is 5.75 Å². The molecule has 2 aromatic carbocycles. The highest BCUT2D eigenvalue weighted by atomic mass is 32.2. The molecule has 14 heteroatoms. The van der Waals surface area contributed by atoms with Crippen molar-refractivity contribution in [3.63, 3.8) is 0 Å². The highest BCUT2D eigenvalue weighted by molar-refractivity contribution is 7.91. The third-order valence-corrected chi connectivity index (χ3v) is 7.60. The number of rotatable bonds is 10. The van der Waals surface area contributed by atoms with Crippen LogP contribution in [0.3, 0.4) is 0 Å². The van der Waals surface area contributed by atoms with E-state index in [9.17, 15) is 34.8 Å². The second-order valence-corrected chi connectivity index (χ2v) is 10.1. The molecule has 0 atom stereocenters. The first-order chi connectivity index (χ1) is 16.3. The molecule has 35 heavy (non-hydrogen) atoms. The van der Waals surface area contributed by atoms with Crippen LogP contribution < -0.4 is 19.1 Å². The highest BCUT2D eigenvalue weighted by Gasteiger charge is 2.31. The van der Waals surface area contributed by atoms with Crippen molar-refractivity contribution >= 4 is 36.6 Å². The summed E-state index contributed by atoms with van der Waals surface area (Å²) in [5.41, 5.74) is 1.04. The minimum absolute atomic E-state index is 0.231. The van der Waals surface area contributed by atoms with Gasteiger partial charge in [0.05, 0.1) is 13.1 Å². The molecule has 1 aromatic heterocycles. The van der Waals surface area contributed by atoms with E-state index < -0.39 is 35.0 Å². The van der Waals surface area contributed by atoms with E-state index in [1.807, 2.05) is 12.1 Å². The Labute approximate surface area is 201 Å². The van der Waals surface area contributed by atoms with Gasteiger partial charge in [0, 0.05) is 17.8 Å². The van der Waals surface area contributed by atoms with Crippen LogP contribution in [0, 0.1) is 6.92 Å². The van der Waals surface area contributed by atoms with Crippen molar-refractivity contribution in [1.82, 2.24) is 10.0 Å². The lowest BCUT2D eigenvalue weighted by Gasteiger charge is -2.24. The molecule has 0 aliphatic carbocycles. The van der Waals surface area contributed by atoms with Gasteiger partial charge in [0.25, 0.3) is 0 Å². The number of aryl methyl sites for hydroxylation is 1. The minimum atomic E-state index is -4.87. The Hall–Kier alpha value is -2.55. The first-order valence-electron chi connectivity index (χ1n) is 10.1. The molecule has 1 heterocycles. The summed E-state index contributed by atoms with van der Waals surface area (Å²) in [7, 11) is -4.24. The van der Waals surface area contributed by atoms with Gasteiger partial charge in [-0.3, -0.25) is 0 Å². The highest BCUT2D eigenvalue weighted by Crippen LogP contribution is 2.39. The Morgan fingerprint density at radius 1 is 0.971 bits per heavy atom. The van der Waals surface area contributed by atoms with Crippen molar-refractivity contribution in [3.8, 4) is 5.75 Å². The van der Waals surface area contributed by atoms with Gasteiger partial charge in [-0.2, -0.15) is 26.3 Å². The summed E-state index contributed by atoms with van der Waals surface area (Å²) >= 11 is 1.21. The van der Waals surface area contributed by atoms with E-state index in [0.29, 0.717) is 16.1 Å². The van der Waals surface area contributed by atoms with Crippen LogP contribution in [0.2, 0.25) is 0 Å². The molecule has 0 aliphatic heterocycles. The van der Waals surface area contributed by atoms with Crippen molar-refractivity contribution in [2.24, 2.45) is 0 Å². The normalized spacial score (nSPS) is 12.8. The van der Waals surface area contributed by atoms with Crippen LogP contribution in [0.4, 0.5) is 31.3 Å². The molecule has 0 aliphatic rings. The topological polar surface area (TPSA) is 70.7 Å². The Balaban J connectivity index is 1.85. The number of alkyl halides is 6. The molecular weight excluding hydrogens is 520 g/mol. The second kappa shape index (κ2) is 10.6. The van der Waals surface area contributed by atoms with Gasteiger partial charge in [0.15, 0.2) is 0 Å². The molecule has 0 radical (unpaired) electrons. The second-order valence-electron chi connectivity index (χ2n) is 7.42. The van der Waals surface area contributed by atoms with Crippen LogP contribution in [-0.2, 0) is 16.8 Å². The molecule has 0 bridgehead atoms. The fourth-order valence-corrected chi connectivity index (χ4v) is 5.92. The molecular formula is C21H21F6N3O3S2. The van der Waals surface area contributed by atoms with Crippen molar-refractivity contribution in [2.45, 2.75) is 26.0 Å². The summed E-state index contributed by atoms with van der Waals surface area (Å²) in [4.78, 5) is 0. The number of halogens is 6. The number of nitrogens with zero attached hydrogens (tertiary/aromatic N) is 1. The maximum Gasteiger partial charge on any atom is 0.573 e. The van der Waals surface area contributed by atoms with E-state index in [0.717, 1.165) is 26.5 Å². The summed E-state index contributed by atoms with van der Waals surface area (Å²) in [5.74, 6) is -0.456. The summed E-state index contributed by atoms with van der Waals surface area (Å²) in [6.45, 7) is -0.327. The zero-order valence-corrected chi connectivity index (χ0v) is 19.8. The number of hydrogen-bond donors (Lipinski definition) is 2. The first kappa shape index (κ1) is 27.0. The predicted octanol–water partition coefficient (Wildman–Crippen LogP) is 5.10. The first-order valence-corrected chi connectivity index (χ1v) is 12.4. The van der Waals surface area contributed by atoms with Crippen molar-refractivity contribution in [1.29, 1.82) is 0 Å². The maximum atomic E-state index is 13.2. The van der Waals surface area contributed by atoms with E-state index in [-0.39, 0.29) is 19.6 Å². The fourth-order valence-electron chi connectivity index (χ4n) is 3.20. The lowest BCUT2D eigenvalue weighted by molar-refractivity contribution is -0.274. The number of ether oxygens (including phenoxy) is 1. The summed E-state index contributed by atoms with van der Waals surface area (Å²) in [6, 6.07) is 12.0. The standard InChI is InChI=1S/C21H21F6N3O3S2/c1-14-17-4-2-3-5-18(17)34-19(14)30(35(31,32)29-11-10-28-13-20(22,23)24)12-15-6-8-16(9-7-15)33-21(25,26)27/h2-9,28-29H,10-13H2,1H3. The number of fused-ring (bicyclic) bond motifs is 1. The minimum Gasteiger partial charge on any atom is -0.406 e. The summed E-state index contributed by atoms with van der Waals surface area (Å²) in [5, 5.41) is 3.31. The molecule has 6 nitrogen and oxygen atoms in total. The Kier molecular flexibility index (Phi) is 8.19. The van der Waals surface area contributed by atoms with E-state index in [1.54, 1.807) is 19.1 Å². The van der Waals surface area contributed by atoms with Gasteiger partial charge in [-0.25, -0.2) is 4.31 Å². The molecule has 0 saturated carbocycles. The Morgan fingerprint density at radius 2 is 1.63 bits per heavy atom. The van der Waals surface area contributed by atoms with E-state index in [4.69, 9.17) is 0 Å². The van der Waals surface area contributed by atoms with Gasteiger partial charge >= 0.3 is 22.7 Å². The molecule has 0 saturated heterocycles. The number of hydrogen-bond acceptors (Lipinski definition) is 5. The number of anilines is 1. The number of thiophene rings is 1. The molecule has 0 unspecified atom stereocenters. The molecule has 0 spiro atoms. The maximum absolute atomic E-state index is 13.2. The smallest absolute Gasteiger partial charge is 0.406 e. The Morgan fingerprint density at radius 3 is 2.23 bits per heavy atom. The van der Waals surface area contributed by atoms with Crippen LogP contribution >= 0.6 is 11.3 Å². The average molecular weight is 542 g/mol. The van der Waals surface area contributed by atoms with Crippen LogP contribution in [0.1, 0.15) is 11.1 Å². The number of benzene rings is 2. The van der Waals surface area contributed by atoms with Gasteiger partial charge in [-0.1, -0.05) is 30.3 Å². The molecule has 2 N–H and O–H groups in total. The van der Waals surface area contributed by atoms with E-state index >= 15 is 0 Å². The molecule has 192 valence electrons. The molecule has 0 fully saturated rings. The third-order valence-electron chi connectivity index (χ3n) is 4.73. The van der Waals surface area contributed by atoms with Gasteiger partial charge in [-0.05, 0) is 41.6 Å². The number of nitrogens with one attached hydrogen (secondary N) is 2. The van der Waals surface area contributed by atoms with Crippen LogP contribution in [0.25, 0.3) is 10.1 Å². The van der Waals surface area contributed by atoms with Gasteiger partial charge in [-0.15, -0.1) is 24.5 Å². The lowest BCUT2D eigenvalue weighted by Crippen LogP contribution is -2.43. The van der Waals surface area contributed by atoms with Gasteiger partial charge in [0.1, 0.15) is 10.8 Å². The molecule has 3 rings (SSSR count). The largest absolute Gasteiger partial charge is 0.573 e. The quantitative estimate of drug-likeness (QED) is 0.277. The van der Waals surface area contributed by atoms with Crippen LogP contribution in [0.15, 0.2) is 48.5 Å². The zero-order chi connectivity index (χ0) is 25.9. The average Bonchev–Trinajstić information content (AvgIpc) is 3.07. The molecule has 0 amide bonds. The van der Waals surface area contributed by atoms with E-state index in [1.165, 1.54) is 23.5 Å². The van der Waals surface area contributed by atoms with Crippen molar-refractivity contribution in [2.75, 3.05) is 23.9 Å². The van der Waals surface area contributed by atoms with Crippen LogP contribution in [-0.4, -0.2) is 40.6 Å².